The predicted octanol–water partition coefficient (Wildman–Crippen LogP) is 4.77. The second-order valence-corrected chi connectivity index (χ2v) is 11.3. The first-order valence-electron chi connectivity index (χ1n) is 13.2. The van der Waals surface area contributed by atoms with Crippen LogP contribution in [-0.4, -0.2) is 60.0 Å². The van der Waals surface area contributed by atoms with Crippen LogP contribution in [-0.2, 0) is 20.9 Å². The topological polar surface area (TPSA) is 61.9 Å². The van der Waals surface area contributed by atoms with E-state index in [1.54, 1.807) is 0 Å². The highest BCUT2D eigenvalue weighted by molar-refractivity contribution is 6.31. The van der Waals surface area contributed by atoms with E-state index in [0.717, 1.165) is 88.2 Å². The number of carbonyl (C=O) groups is 2. The Morgan fingerprint density at radius 2 is 1.71 bits per heavy atom. The van der Waals surface area contributed by atoms with E-state index in [1.165, 1.54) is 12.8 Å². The fourth-order valence-electron chi connectivity index (χ4n) is 6.55. The second kappa shape index (κ2) is 10.5. The average Bonchev–Trinajstić information content (AvgIpc) is 3.44. The minimum absolute atomic E-state index is 0.0558. The summed E-state index contributed by atoms with van der Waals surface area (Å²) in [6, 6.07) is 4.57. The first-order chi connectivity index (χ1) is 16.5. The number of anilines is 1. The molecule has 1 saturated carbocycles. The van der Waals surface area contributed by atoms with Crippen LogP contribution in [0.25, 0.3) is 0 Å². The quantitative estimate of drug-likeness (QED) is 0.627. The molecule has 5 rings (SSSR count). The largest absolute Gasteiger partial charge is 0.381 e. The number of piperazine rings is 1. The van der Waals surface area contributed by atoms with Crippen molar-refractivity contribution >= 4 is 29.1 Å². The Hall–Kier alpha value is -1.63. The molecule has 2 unspecified atom stereocenters. The number of carbonyl (C=O) groups excluding carboxylic acids is 2. The van der Waals surface area contributed by atoms with Gasteiger partial charge in [-0.15, -0.1) is 0 Å². The molecule has 7 heteroatoms. The lowest BCUT2D eigenvalue weighted by Crippen LogP contribution is -2.56. The van der Waals surface area contributed by atoms with Crippen LogP contribution in [0.2, 0.25) is 5.02 Å². The summed E-state index contributed by atoms with van der Waals surface area (Å²) in [5, 5.41) is 3.78. The zero-order valence-corrected chi connectivity index (χ0v) is 21.1. The van der Waals surface area contributed by atoms with E-state index < -0.39 is 0 Å². The van der Waals surface area contributed by atoms with Gasteiger partial charge in [0.25, 0.3) is 0 Å². The number of hydrogen-bond acceptors (Lipinski definition) is 4. The molecule has 1 aromatic rings. The molecule has 4 fully saturated rings. The minimum atomic E-state index is 0.0558. The molecule has 34 heavy (non-hydrogen) atoms. The van der Waals surface area contributed by atoms with Crippen molar-refractivity contribution in [2.24, 2.45) is 11.8 Å². The third kappa shape index (κ3) is 5.29. The molecule has 2 amide bonds. The molecule has 0 spiro atoms. The summed E-state index contributed by atoms with van der Waals surface area (Å²) >= 11 is 6.48. The summed E-state index contributed by atoms with van der Waals surface area (Å²) in [4.78, 5) is 30.6. The zero-order chi connectivity index (χ0) is 23.7. The number of halogens is 1. The number of likely N-dealkylation sites (tertiary alicyclic amines) is 1. The lowest BCUT2D eigenvalue weighted by atomic mass is 9.96. The van der Waals surface area contributed by atoms with Gasteiger partial charge in [0.1, 0.15) is 0 Å². The van der Waals surface area contributed by atoms with E-state index >= 15 is 0 Å². The van der Waals surface area contributed by atoms with Crippen molar-refractivity contribution in [1.82, 2.24) is 9.80 Å². The SMILES string of the molecule is Cc1c(CN2CC3CCC(C2)N3C(=O)C2CCCC2)cc(Cl)cc1NC(=O)CC1CCOCC1. The molecule has 3 saturated heterocycles. The van der Waals surface area contributed by atoms with Crippen LogP contribution in [0.4, 0.5) is 5.69 Å². The van der Waals surface area contributed by atoms with Crippen molar-refractivity contribution in [2.45, 2.75) is 83.3 Å². The van der Waals surface area contributed by atoms with E-state index in [1.807, 2.05) is 12.1 Å². The van der Waals surface area contributed by atoms with Gasteiger partial charge in [-0.3, -0.25) is 14.5 Å². The number of fused-ring (bicyclic) bond motifs is 2. The van der Waals surface area contributed by atoms with Crippen LogP contribution in [0.1, 0.15) is 68.9 Å². The third-order valence-electron chi connectivity index (χ3n) is 8.48. The molecule has 2 atom stereocenters. The van der Waals surface area contributed by atoms with Crippen LogP contribution >= 0.6 is 11.6 Å². The molecule has 0 radical (unpaired) electrons. The molecule has 1 N–H and O–H groups in total. The monoisotopic (exact) mass is 487 g/mol. The van der Waals surface area contributed by atoms with Gasteiger partial charge >= 0.3 is 0 Å². The molecule has 3 aliphatic heterocycles. The van der Waals surface area contributed by atoms with Gasteiger partial charge < -0.3 is 15.0 Å². The van der Waals surface area contributed by atoms with E-state index in [-0.39, 0.29) is 11.8 Å². The molecule has 6 nitrogen and oxygen atoms in total. The van der Waals surface area contributed by atoms with Crippen molar-refractivity contribution in [1.29, 1.82) is 0 Å². The van der Waals surface area contributed by atoms with Gasteiger partial charge in [-0.1, -0.05) is 24.4 Å². The van der Waals surface area contributed by atoms with Crippen molar-refractivity contribution < 1.29 is 14.3 Å². The van der Waals surface area contributed by atoms with E-state index in [9.17, 15) is 9.59 Å². The minimum Gasteiger partial charge on any atom is -0.381 e. The number of rotatable bonds is 6. The van der Waals surface area contributed by atoms with Crippen LogP contribution in [0.3, 0.4) is 0 Å². The smallest absolute Gasteiger partial charge is 0.226 e. The van der Waals surface area contributed by atoms with Crippen molar-refractivity contribution in [3.05, 3.63) is 28.3 Å². The van der Waals surface area contributed by atoms with Crippen molar-refractivity contribution in [3.8, 4) is 0 Å². The Kier molecular flexibility index (Phi) is 7.47. The number of amides is 2. The standard InChI is InChI=1S/C27H38ClN3O3/c1-18-21(13-22(28)14-25(18)29-26(32)12-19-8-10-34-11-9-19)15-30-16-23-6-7-24(17-30)31(23)27(33)20-4-2-3-5-20/h13-14,19-20,23-24H,2-12,15-17H2,1H3,(H,29,32). The Balaban J connectivity index is 1.22. The molecule has 4 aliphatic rings. The number of hydrogen-bond donors (Lipinski definition) is 1. The Bertz CT molecular complexity index is 897. The molecule has 0 aromatic heterocycles. The number of nitrogens with zero attached hydrogens (tertiary/aromatic N) is 2. The first kappa shape index (κ1) is 24.1. The maximum atomic E-state index is 13.2. The van der Waals surface area contributed by atoms with E-state index in [0.29, 0.717) is 35.4 Å². The van der Waals surface area contributed by atoms with Gasteiger partial charge in [0, 0.05) is 68.0 Å². The van der Waals surface area contributed by atoms with Crippen LogP contribution in [0.15, 0.2) is 12.1 Å². The van der Waals surface area contributed by atoms with Gasteiger partial charge in [0.15, 0.2) is 0 Å². The van der Waals surface area contributed by atoms with Crippen molar-refractivity contribution in [2.75, 3.05) is 31.6 Å². The Morgan fingerprint density at radius 1 is 1.03 bits per heavy atom. The maximum Gasteiger partial charge on any atom is 0.226 e. The summed E-state index contributed by atoms with van der Waals surface area (Å²) in [6.07, 6.45) is 9.21. The maximum absolute atomic E-state index is 13.2. The fraction of sp³-hybridized carbons (Fsp3) is 0.704. The van der Waals surface area contributed by atoms with E-state index in [2.05, 4.69) is 22.0 Å². The molecule has 3 heterocycles. The Labute approximate surface area is 208 Å². The number of ether oxygens (including phenoxy) is 1. The summed E-state index contributed by atoms with van der Waals surface area (Å²) in [7, 11) is 0. The van der Waals surface area contributed by atoms with E-state index in [4.69, 9.17) is 16.3 Å². The average molecular weight is 488 g/mol. The molecule has 2 bridgehead atoms. The molecule has 186 valence electrons. The van der Waals surface area contributed by atoms with Gasteiger partial charge in [-0.2, -0.15) is 0 Å². The lowest BCUT2D eigenvalue weighted by molar-refractivity contribution is -0.141. The van der Waals surface area contributed by atoms with Crippen molar-refractivity contribution in [3.63, 3.8) is 0 Å². The normalized spacial score (nSPS) is 26.2. The summed E-state index contributed by atoms with van der Waals surface area (Å²) in [5.74, 6) is 1.13. The predicted molar refractivity (Wildman–Crippen MR) is 134 cm³/mol. The second-order valence-electron chi connectivity index (χ2n) is 10.9. The summed E-state index contributed by atoms with van der Waals surface area (Å²) in [6.45, 7) is 6.22. The molecule has 1 aliphatic carbocycles. The van der Waals surface area contributed by atoms with Crippen LogP contribution in [0.5, 0.6) is 0 Å². The number of nitrogens with one attached hydrogen (secondary N) is 1. The lowest BCUT2D eigenvalue weighted by Gasteiger charge is -2.42. The summed E-state index contributed by atoms with van der Waals surface area (Å²) in [5.41, 5.74) is 3.06. The third-order valence-corrected chi connectivity index (χ3v) is 8.70. The van der Waals surface area contributed by atoms with Gasteiger partial charge in [-0.05, 0) is 74.6 Å². The Morgan fingerprint density at radius 3 is 2.38 bits per heavy atom. The molecule has 1 aromatic carbocycles. The number of benzene rings is 1. The molecular weight excluding hydrogens is 450 g/mol. The first-order valence-corrected chi connectivity index (χ1v) is 13.6. The van der Waals surface area contributed by atoms with Gasteiger partial charge in [0.2, 0.25) is 11.8 Å². The van der Waals surface area contributed by atoms with Gasteiger partial charge in [-0.25, -0.2) is 0 Å². The highest BCUT2D eigenvalue weighted by Crippen LogP contribution is 2.36. The summed E-state index contributed by atoms with van der Waals surface area (Å²) < 4.78 is 5.41. The highest BCUT2D eigenvalue weighted by atomic mass is 35.5. The highest BCUT2D eigenvalue weighted by Gasteiger charge is 2.44. The van der Waals surface area contributed by atoms with Crippen LogP contribution in [0, 0.1) is 18.8 Å². The van der Waals surface area contributed by atoms with Crippen LogP contribution < -0.4 is 5.32 Å². The fourth-order valence-corrected chi connectivity index (χ4v) is 6.79. The zero-order valence-electron chi connectivity index (χ0n) is 20.4. The molecular formula is C27H38ClN3O3. The van der Waals surface area contributed by atoms with Gasteiger partial charge in [0.05, 0.1) is 0 Å².